The third kappa shape index (κ3) is 1.69. The molecule has 82 valence electrons. The van der Waals surface area contributed by atoms with E-state index in [2.05, 4.69) is 32.9 Å². The van der Waals surface area contributed by atoms with Crippen LogP contribution in [0, 0.1) is 18.3 Å². The minimum atomic E-state index is 0.409. The summed E-state index contributed by atoms with van der Waals surface area (Å²) in [6.45, 7) is 6.83. The van der Waals surface area contributed by atoms with Crippen LogP contribution in [0.3, 0.4) is 0 Å². The second-order valence-corrected chi connectivity index (χ2v) is 4.43. The van der Waals surface area contributed by atoms with Crippen molar-refractivity contribution in [2.75, 3.05) is 6.61 Å². The number of allylic oxidation sites excluding steroid dienone is 1. The van der Waals surface area contributed by atoms with Crippen LogP contribution >= 0.6 is 0 Å². The first-order valence-corrected chi connectivity index (χ1v) is 5.51. The van der Waals surface area contributed by atoms with Crippen molar-refractivity contribution in [3.63, 3.8) is 0 Å². The monoisotopic (exact) mass is 213 g/mol. The van der Waals surface area contributed by atoms with E-state index in [-0.39, 0.29) is 0 Å². The Bertz CT molecular complexity index is 492. The van der Waals surface area contributed by atoms with E-state index in [0.29, 0.717) is 12.5 Å². The summed E-state index contributed by atoms with van der Waals surface area (Å²) in [5.41, 5.74) is 4.04. The van der Waals surface area contributed by atoms with Crippen molar-refractivity contribution in [2.45, 2.75) is 26.7 Å². The van der Waals surface area contributed by atoms with Gasteiger partial charge in [0.15, 0.2) is 0 Å². The Balaban J connectivity index is 2.66. The smallest absolute Gasteiger partial charge is 0.131 e. The average Bonchev–Trinajstić information content (AvgIpc) is 2.27. The molecule has 0 unspecified atom stereocenters. The predicted molar refractivity (Wildman–Crippen MR) is 64.4 cm³/mol. The SMILES string of the molecule is Cc1cc2c(c(C(C)C)c1)OCC=C2C#N. The molecule has 1 aliphatic heterocycles. The molecule has 0 radical (unpaired) electrons. The summed E-state index contributed by atoms with van der Waals surface area (Å²) in [4.78, 5) is 0. The van der Waals surface area contributed by atoms with Crippen molar-refractivity contribution in [2.24, 2.45) is 0 Å². The maximum absolute atomic E-state index is 9.08. The zero-order valence-corrected chi connectivity index (χ0v) is 9.87. The molecular weight excluding hydrogens is 198 g/mol. The number of fused-ring (bicyclic) bond motifs is 1. The lowest BCUT2D eigenvalue weighted by molar-refractivity contribution is 0.352. The van der Waals surface area contributed by atoms with E-state index in [1.54, 1.807) is 0 Å². The van der Waals surface area contributed by atoms with Gasteiger partial charge in [0.2, 0.25) is 0 Å². The molecule has 1 aromatic rings. The Morgan fingerprint density at radius 3 is 2.75 bits per heavy atom. The second-order valence-electron chi connectivity index (χ2n) is 4.43. The highest BCUT2D eigenvalue weighted by Crippen LogP contribution is 2.37. The molecule has 0 amide bonds. The van der Waals surface area contributed by atoms with Gasteiger partial charge in [-0.05, 0) is 36.1 Å². The van der Waals surface area contributed by atoms with Gasteiger partial charge in [-0.15, -0.1) is 0 Å². The number of benzene rings is 1. The molecule has 0 N–H and O–H groups in total. The van der Waals surface area contributed by atoms with Crippen LogP contribution in [-0.4, -0.2) is 6.61 Å². The molecule has 1 aliphatic rings. The third-order valence-electron chi connectivity index (χ3n) is 2.81. The molecule has 0 atom stereocenters. The van der Waals surface area contributed by atoms with Crippen LogP contribution in [0.25, 0.3) is 5.57 Å². The molecule has 2 nitrogen and oxygen atoms in total. The summed E-state index contributed by atoms with van der Waals surface area (Å²) in [6.07, 6.45) is 1.84. The quantitative estimate of drug-likeness (QED) is 0.716. The van der Waals surface area contributed by atoms with Crippen molar-refractivity contribution in [3.8, 4) is 11.8 Å². The van der Waals surface area contributed by atoms with E-state index in [9.17, 15) is 0 Å². The Labute approximate surface area is 96.2 Å². The zero-order chi connectivity index (χ0) is 11.7. The molecule has 0 spiro atoms. The topological polar surface area (TPSA) is 33.0 Å². The highest BCUT2D eigenvalue weighted by molar-refractivity contribution is 5.82. The molecule has 16 heavy (non-hydrogen) atoms. The Morgan fingerprint density at radius 1 is 1.38 bits per heavy atom. The highest BCUT2D eigenvalue weighted by Gasteiger charge is 2.19. The minimum absolute atomic E-state index is 0.409. The molecule has 0 aliphatic carbocycles. The van der Waals surface area contributed by atoms with Crippen LogP contribution in [0.1, 0.15) is 36.5 Å². The van der Waals surface area contributed by atoms with Gasteiger partial charge in [-0.2, -0.15) is 5.26 Å². The second kappa shape index (κ2) is 4.02. The average molecular weight is 213 g/mol. The fraction of sp³-hybridized carbons (Fsp3) is 0.357. The first kappa shape index (κ1) is 10.8. The Morgan fingerprint density at radius 2 is 2.12 bits per heavy atom. The number of hydrogen-bond donors (Lipinski definition) is 0. The molecule has 1 aromatic carbocycles. The summed E-state index contributed by atoms with van der Waals surface area (Å²) in [5.74, 6) is 1.30. The molecule has 0 saturated heterocycles. The van der Waals surface area contributed by atoms with E-state index in [4.69, 9.17) is 10.00 Å². The number of nitrogens with zero attached hydrogens (tertiary/aromatic N) is 1. The lowest BCUT2D eigenvalue weighted by Crippen LogP contribution is -2.08. The van der Waals surface area contributed by atoms with Crippen LogP contribution < -0.4 is 4.74 Å². The van der Waals surface area contributed by atoms with E-state index in [1.807, 2.05) is 12.1 Å². The molecular formula is C14H15NO. The first-order valence-electron chi connectivity index (χ1n) is 5.51. The summed E-state index contributed by atoms with van der Waals surface area (Å²) >= 11 is 0. The lowest BCUT2D eigenvalue weighted by atomic mass is 9.92. The van der Waals surface area contributed by atoms with Gasteiger partial charge in [-0.25, -0.2) is 0 Å². The van der Waals surface area contributed by atoms with Crippen LogP contribution in [0.5, 0.6) is 5.75 Å². The van der Waals surface area contributed by atoms with Gasteiger partial charge < -0.3 is 4.74 Å². The predicted octanol–water partition coefficient (Wildman–Crippen LogP) is 3.42. The normalized spacial score (nSPS) is 13.8. The van der Waals surface area contributed by atoms with Gasteiger partial charge in [0.1, 0.15) is 12.4 Å². The fourth-order valence-corrected chi connectivity index (χ4v) is 2.02. The molecule has 1 heterocycles. The van der Waals surface area contributed by atoms with Crippen molar-refractivity contribution >= 4 is 5.57 Å². The summed E-state index contributed by atoms with van der Waals surface area (Å²) in [5, 5.41) is 9.08. The highest BCUT2D eigenvalue weighted by atomic mass is 16.5. The van der Waals surface area contributed by atoms with Crippen molar-refractivity contribution in [1.29, 1.82) is 5.26 Å². The van der Waals surface area contributed by atoms with E-state index < -0.39 is 0 Å². The Hall–Kier alpha value is -1.75. The van der Waals surface area contributed by atoms with Crippen LogP contribution in [-0.2, 0) is 0 Å². The molecule has 0 fully saturated rings. The van der Waals surface area contributed by atoms with E-state index >= 15 is 0 Å². The van der Waals surface area contributed by atoms with E-state index in [1.165, 1.54) is 11.1 Å². The summed E-state index contributed by atoms with van der Waals surface area (Å²) in [7, 11) is 0. The minimum Gasteiger partial charge on any atom is -0.489 e. The van der Waals surface area contributed by atoms with Gasteiger partial charge in [-0.3, -0.25) is 0 Å². The van der Waals surface area contributed by atoms with Gasteiger partial charge in [0, 0.05) is 5.56 Å². The van der Waals surface area contributed by atoms with Crippen LogP contribution in [0.15, 0.2) is 18.2 Å². The van der Waals surface area contributed by atoms with Crippen LogP contribution in [0.4, 0.5) is 0 Å². The first-order chi connectivity index (χ1) is 7.63. The number of nitriles is 1. The summed E-state index contributed by atoms with van der Waals surface area (Å²) in [6, 6.07) is 6.40. The third-order valence-corrected chi connectivity index (χ3v) is 2.81. The maximum atomic E-state index is 9.08. The van der Waals surface area contributed by atoms with Gasteiger partial charge in [-0.1, -0.05) is 19.9 Å². The Kier molecular flexibility index (Phi) is 2.70. The maximum Gasteiger partial charge on any atom is 0.131 e. The summed E-state index contributed by atoms with van der Waals surface area (Å²) < 4.78 is 5.68. The number of ether oxygens (including phenoxy) is 1. The van der Waals surface area contributed by atoms with Gasteiger partial charge in [0.25, 0.3) is 0 Å². The molecule has 2 rings (SSSR count). The number of hydrogen-bond acceptors (Lipinski definition) is 2. The largest absolute Gasteiger partial charge is 0.489 e. The molecule has 2 heteroatoms. The van der Waals surface area contributed by atoms with Crippen molar-refractivity contribution in [3.05, 3.63) is 34.9 Å². The fourth-order valence-electron chi connectivity index (χ4n) is 2.02. The number of rotatable bonds is 1. The van der Waals surface area contributed by atoms with Crippen LogP contribution in [0.2, 0.25) is 0 Å². The lowest BCUT2D eigenvalue weighted by Gasteiger charge is -2.21. The molecule has 0 saturated carbocycles. The van der Waals surface area contributed by atoms with E-state index in [0.717, 1.165) is 16.9 Å². The van der Waals surface area contributed by atoms with Gasteiger partial charge >= 0.3 is 0 Å². The van der Waals surface area contributed by atoms with Gasteiger partial charge in [0.05, 0.1) is 11.6 Å². The number of aryl methyl sites for hydroxylation is 1. The molecule has 0 bridgehead atoms. The van der Waals surface area contributed by atoms with Crippen molar-refractivity contribution in [1.82, 2.24) is 0 Å². The standard InChI is InChI=1S/C14H15NO/c1-9(2)12-6-10(3)7-13-11(8-15)4-5-16-14(12)13/h4,6-7,9H,5H2,1-3H3. The zero-order valence-electron chi connectivity index (χ0n) is 9.87. The van der Waals surface area contributed by atoms with Crippen molar-refractivity contribution < 1.29 is 4.74 Å². The molecule has 0 aromatic heterocycles.